The molecule has 0 aliphatic carbocycles. The molecule has 0 atom stereocenters. The summed E-state index contributed by atoms with van der Waals surface area (Å²) in [6.07, 6.45) is 0. The number of hydrogen-bond acceptors (Lipinski definition) is 3. The van der Waals surface area contributed by atoms with Crippen molar-refractivity contribution in [3.8, 4) is 62.0 Å². The summed E-state index contributed by atoms with van der Waals surface area (Å²) in [7, 11) is 0. The first-order chi connectivity index (χ1) is 30.2. The van der Waals surface area contributed by atoms with E-state index in [1.807, 2.05) is 12.1 Å². The fraction of sp³-hybridized carbons (Fsp3) is 0. The molecule has 4 heteroatoms. The SMILES string of the molecule is c1ccc(-c2cc(-c3ccccc3)nc(-c3ccc(-c4cccc5c6cc7c(-c8cccc9ccccc89)nc8ccccc8c7cc6n(-c6ccccc6)c45)cc3)n2)cc1. The molecule has 3 heterocycles. The lowest BCUT2D eigenvalue weighted by Crippen LogP contribution is -1.97. The van der Waals surface area contributed by atoms with Crippen LogP contribution in [0, 0.1) is 0 Å². The van der Waals surface area contributed by atoms with Crippen LogP contribution in [0.5, 0.6) is 0 Å². The van der Waals surface area contributed by atoms with Gasteiger partial charge in [0.1, 0.15) is 0 Å². The van der Waals surface area contributed by atoms with Crippen molar-refractivity contribution in [2.45, 2.75) is 0 Å². The normalized spacial score (nSPS) is 11.6. The average Bonchev–Trinajstić information content (AvgIpc) is 3.67. The summed E-state index contributed by atoms with van der Waals surface area (Å²) in [6, 6.07) is 77.4. The second kappa shape index (κ2) is 14.3. The number of para-hydroxylation sites is 3. The molecule has 12 rings (SSSR count). The smallest absolute Gasteiger partial charge is 0.160 e. The van der Waals surface area contributed by atoms with Gasteiger partial charge in [-0.1, -0.05) is 182 Å². The minimum Gasteiger partial charge on any atom is -0.309 e. The van der Waals surface area contributed by atoms with Gasteiger partial charge in [-0.25, -0.2) is 15.0 Å². The highest BCUT2D eigenvalue weighted by Gasteiger charge is 2.21. The van der Waals surface area contributed by atoms with E-state index in [2.05, 4.69) is 211 Å². The lowest BCUT2D eigenvalue weighted by molar-refractivity contribution is 1.18. The molecule has 0 saturated carbocycles. The van der Waals surface area contributed by atoms with Gasteiger partial charge in [0, 0.05) is 55.0 Å². The van der Waals surface area contributed by atoms with Crippen LogP contribution in [-0.2, 0) is 0 Å². The highest BCUT2D eigenvalue weighted by atomic mass is 15.0. The summed E-state index contributed by atoms with van der Waals surface area (Å²) in [4.78, 5) is 15.6. The van der Waals surface area contributed by atoms with Crippen molar-refractivity contribution in [3.05, 3.63) is 218 Å². The Morgan fingerprint density at radius 3 is 1.64 bits per heavy atom. The molecule has 0 amide bonds. The lowest BCUT2D eigenvalue weighted by Gasteiger charge is -2.14. The summed E-state index contributed by atoms with van der Waals surface area (Å²) < 4.78 is 2.44. The van der Waals surface area contributed by atoms with Crippen molar-refractivity contribution in [1.29, 1.82) is 0 Å². The van der Waals surface area contributed by atoms with Gasteiger partial charge >= 0.3 is 0 Å². The van der Waals surface area contributed by atoms with Crippen molar-refractivity contribution < 1.29 is 0 Å². The second-order valence-corrected chi connectivity index (χ2v) is 15.6. The third-order valence-corrected chi connectivity index (χ3v) is 12.0. The molecule has 0 N–H and O–H groups in total. The first-order valence-corrected chi connectivity index (χ1v) is 20.7. The maximum absolute atomic E-state index is 5.40. The number of pyridine rings is 1. The molecule has 0 fully saturated rings. The predicted molar refractivity (Wildman–Crippen MR) is 254 cm³/mol. The van der Waals surface area contributed by atoms with Crippen LogP contribution >= 0.6 is 0 Å². The molecule has 61 heavy (non-hydrogen) atoms. The van der Waals surface area contributed by atoms with Gasteiger partial charge < -0.3 is 4.57 Å². The highest BCUT2D eigenvalue weighted by Crippen LogP contribution is 2.43. The number of hydrogen-bond donors (Lipinski definition) is 0. The van der Waals surface area contributed by atoms with Crippen LogP contribution in [0.1, 0.15) is 0 Å². The van der Waals surface area contributed by atoms with Gasteiger partial charge in [-0.15, -0.1) is 0 Å². The third-order valence-electron chi connectivity index (χ3n) is 12.0. The Morgan fingerprint density at radius 1 is 0.328 bits per heavy atom. The van der Waals surface area contributed by atoms with Gasteiger partial charge in [-0.3, -0.25) is 0 Å². The maximum atomic E-state index is 5.40. The van der Waals surface area contributed by atoms with E-state index in [1.165, 1.54) is 26.9 Å². The van der Waals surface area contributed by atoms with E-state index in [1.54, 1.807) is 0 Å². The van der Waals surface area contributed by atoms with E-state index in [-0.39, 0.29) is 0 Å². The van der Waals surface area contributed by atoms with Crippen LogP contribution in [0.4, 0.5) is 0 Å². The molecule has 0 aliphatic heterocycles. The summed E-state index contributed by atoms with van der Waals surface area (Å²) in [5.41, 5.74) is 13.6. The number of fused-ring (bicyclic) bond motifs is 7. The van der Waals surface area contributed by atoms with Crippen LogP contribution in [0.2, 0.25) is 0 Å². The molecule has 0 bridgehead atoms. The first kappa shape index (κ1) is 34.8. The summed E-state index contributed by atoms with van der Waals surface area (Å²) in [6.45, 7) is 0. The topological polar surface area (TPSA) is 43.6 Å². The lowest BCUT2D eigenvalue weighted by atomic mass is 9.95. The zero-order valence-electron chi connectivity index (χ0n) is 33.1. The molecular formula is C57H36N4. The van der Waals surface area contributed by atoms with E-state index < -0.39 is 0 Å². The fourth-order valence-electron chi connectivity index (χ4n) is 9.11. The third kappa shape index (κ3) is 5.88. The van der Waals surface area contributed by atoms with E-state index in [4.69, 9.17) is 15.0 Å². The van der Waals surface area contributed by atoms with Crippen molar-refractivity contribution in [1.82, 2.24) is 19.5 Å². The Balaban J connectivity index is 1.08. The van der Waals surface area contributed by atoms with Gasteiger partial charge in [0.25, 0.3) is 0 Å². The standard InChI is InChI=1S/C57H36N4/c1-4-17-39(18-5-1)52-36-53(40-19-6-2-7-20-40)60-57(59-52)41-32-30-38(31-33-41)44-26-15-28-47-49-34-50-48(35-54(49)61(56(44)47)42-22-8-3-9-23-42)45-25-12-13-29-51(45)58-55(50)46-27-14-21-37-16-10-11-24-43(37)46/h1-36H. The number of rotatable bonds is 6. The van der Waals surface area contributed by atoms with E-state index in [0.717, 1.165) is 83.5 Å². The maximum Gasteiger partial charge on any atom is 0.160 e. The van der Waals surface area contributed by atoms with E-state index in [0.29, 0.717) is 5.82 Å². The van der Waals surface area contributed by atoms with Gasteiger partial charge in [-0.2, -0.15) is 0 Å². The van der Waals surface area contributed by atoms with Crippen molar-refractivity contribution in [3.63, 3.8) is 0 Å². The van der Waals surface area contributed by atoms with Crippen LogP contribution in [0.3, 0.4) is 0 Å². The monoisotopic (exact) mass is 776 g/mol. The summed E-state index contributed by atoms with van der Waals surface area (Å²) in [5.74, 6) is 0.692. The molecule has 4 nitrogen and oxygen atoms in total. The van der Waals surface area contributed by atoms with Crippen molar-refractivity contribution in [2.75, 3.05) is 0 Å². The molecular weight excluding hydrogens is 741 g/mol. The summed E-state index contributed by atoms with van der Waals surface area (Å²) >= 11 is 0. The zero-order chi connectivity index (χ0) is 40.3. The number of aromatic nitrogens is 4. The predicted octanol–water partition coefficient (Wildman–Crippen LogP) is 14.8. The first-order valence-electron chi connectivity index (χ1n) is 20.7. The van der Waals surface area contributed by atoms with Crippen LogP contribution in [-0.4, -0.2) is 19.5 Å². The largest absolute Gasteiger partial charge is 0.309 e. The van der Waals surface area contributed by atoms with Crippen LogP contribution in [0.15, 0.2) is 218 Å². The highest BCUT2D eigenvalue weighted by molar-refractivity contribution is 6.22. The van der Waals surface area contributed by atoms with Gasteiger partial charge in [0.2, 0.25) is 0 Å². The fourth-order valence-corrected chi connectivity index (χ4v) is 9.11. The number of benzene rings is 9. The van der Waals surface area contributed by atoms with E-state index >= 15 is 0 Å². The average molecular weight is 777 g/mol. The molecule has 0 aliphatic rings. The van der Waals surface area contributed by atoms with Crippen LogP contribution < -0.4 is 0 Å². The van der Waals surface area contributed by atoms with Gasteiger partial charge in [0.05, 0.1) is 33.6 Å². The quantitative estimate of drug-likeness (QED) is 0.158. The van der Waals surface area contributed by atoms with E-state index in [9.17, 15) is 0 Å². The molecule has 0 unspecified atom stereocenters. The zero-order valence-corrected chi connectivity index (χ0v) is 33.1. The number of nitrogens with zero attached hydrogens (tertiary/aromatic N) is 4. The van der Waals surface area contributed by atoms with Gasteiger partial charge in [-0.05, 0) is 58.1 Å². The second-order valence-electron chi connectivity index (χ2n) is 15.6. The molecule has 284 valence electrons. The van der Waals surface area contributed by atoms with Gasteiger partial charge in [0.15, 0.2) is 5.82 Å². The Kier molecular flexibility index (Phi) is 8.13. The minimum absolute atomic E-state index is 0.692. The van der Waals surface area contributed by atoms with Crippen LogP contribution in [0.25, 0.3) is 116 Å². The molecule has 0 radical (unpaired) electrons. The van der Waals surface area contributed by atoms with Crippen molar-refractivity contribution >= 4 is 54.3 Å². The Hall–Kier alpha value is -8.21. The Morgan fingerprint density at radius 2 is 0.902 bits per heavy atom. The summed E-state index contributed by atoms with van der Waals surface area (Å²) in [5, 5.41) is 8.22. The minimum atomic E-state index is 0.692. The molecule has 0 spiro atoms. The molecule has 3 aromatic heterocycles. The Labute approximate surface area is 352 Å². The Bertz CT molecular complexity index is 3550. The van der Waals surface area contributed by atoms with Crippen molar-refractivity contribution in [2.24, 2.45) is 0 Å². The molecule has 0 saturated heterocycles. The molecule has 9 aromatic carbocycles. The molecule has 12 aromatic rings.